The van der Waals surface area contributed by atoms with E-state index in [4.69, 9.17) is 0 Å². The van der Waals surface area contributed by atoms with Crippen molar-refractivity contribution in [3.8, 4) is 11.8 Å². The highest BCUT2D eigenvalue weighted by molar-refractivity contribution is 7.16. The second-order valence-corrected chi connectivity index (χ2v) is 9.28. The van der Waals surface area contributed by atoms with Gasteiger partial charge in [0.05, 0.1) is 16.9 Å². The van der Waals surface area contributed by atoms with Gasteiger partial charge in [0.15, 0.2) is 0 Å². The lowest BCUT2D eigenvalue weighted by Crippen LogP contribution is -2.34. The largest absolute Gasteiger partial charge is 0.368 e. The first-order chi connectivity index (χ1) is 15.4. The molecular weight excluding hydrogens is 422 g/mol. The second-order valence-electron chi connectivity index (χ2n) is 8.17. The molecule has 1 atom stereocenters. The van der Waals surface area contributed by atoms with Gasteiger partial charge in [0.1, 0.15) is 22.8 Å². The number of fused-ring (bicyclic) bond motifs is 1. The smallest absolute Gasteiger partial charge is 0.295 e. The Labute approximate surface area is 191 Å². The van der Waals surface area contributed by atoms with Crippen molar-refractivity contribution in [3.05, 3.63) is 62.4 Å². The highest BCUT2D eigenvalue weighted by atomic mass is 32.1. The number of carbonyl (C=O) groups excluding carboxylic acids is 1. The van der Waals surface area contributed by atoms with Gasteiger partial charge in [-0.2, -0.15) is 5.26 Å². The number of thiophene rings is 1. The fourth-order valence-corrected chi connectivity index (χ4v) is 5.43. The molecule has 4 rings (SSSR count). The number of benzene rings is 1. The van der Waals surface area contributed by atoms with E-state index in [1.165, 1.54) is 22.6 Å². The van der Waals surface area contributed by atoms with Crippen molar-refractivity contribution in [2.24, 2.45) is 7.05 Å². The van der Waals surface area contributed by atoms with Gasteiger partial charge in [0, 0.05) is 11.9 Å². The van der Waals surface area contributed by atoms with Crippen LogP contribution in [0.4, 0.5) is 10.7 Å². The number of nitriles is 1. The van der Waals surface area contributed by atoms with E-state index in [0.29, 0.717) is 16.3 Å². The molecule has 0 radical (unpaired) electrons. The van der Waals surface area contributed by atoms with E-state index in [0.717, 1.165) is 42.6 Å². The molecule has 0 fully saturated rings. The summed E-state index contributed by atoms with van der Waals surface area (Å²) in [6, 6.07) is 11.0. The summed E-state index contributed by atoms with van der Waals surface area (Å²) in [7, 11) is 1.82. The van der Waals surface area contributed by atoms with Crippen LogP contribution >= 0.6 is 11.3 Å². The number of amides is 1. The molecule has 1 unspecified atom stereocenters. The van der Waals surface area contributed by atoms with Gasteiger partial charge in [-0.1, -0.05) is 24.6 Å². The van der Waals surface area contributed by atoms with Gasteiger partial charge in [-0.15, -0.1) is 11.3 Å². The first kappa shape index (κ1) is 21.9. The average molecular weight is 450 g/mol. The quantitative estimate of drug-likeness (QED) is 0.573. The van der Waals surface area contributed by atoms with E-state index in [1.807, 2.05) is 44.3 Å². The normalized spacial score (nSPS) is 14.2. The third-order valence-electron chi connectivity index (χ3n) is 6.08. The highest BCUT2D eigenvalue weighted by Crippen LogP contribution is 2.37. The number of aromatic nitrogens is 2. The van der Waals surface area contributed by atoms with Crippen LogP contribution in [0.15, 0.2) is 35.1 Å². The molecular formula is C24H27N5O2S. The Hall–Kier alpha value is -3.31. The summed E-state index contributed by atoms with van der Waals surface area (Å²) in [5.41, 5.74) is 3.36. The van der Waals surface area contributed by atoms with Gasteiger partial charge >= 0.3 is 0 Å². The van der Waals surface area contributed by atoms with Gasteiger partial charge in [-0.3, -0.25) is 14.3 Å². The van der Waals surface area contributed by atoms with Gasteiger partial charge in [-0.05, 0) is 57.2 Å². The Morgan fingerprint density at radius 3 is 2.62 bits per heavy atom. The summed E-state index contributed by atoms with van der Waals surface area (Å²) in [6.07, 6.45) is 5.21. The van der Waals surface area contributed by atoms with Crippen molar-refractivity contribution in [2.45, 2.75) is 52.0 Å². The molecule has 0 aliphatic heterocycles. The first-order valence-electron chi connectivity index (χ1n) is 10.9. The van der Waals surface area contributed by atoms with Crippen LogP contribution in [-0.2, 0) is 24.7 Å². The highest BCUT2D eigenvalue weighted by Gasteiger charge is 2.24. The van der Waals surface area contributed by atoms with Crippen LogP contribution in [-0.4, -0.2) is 21.3 Å². The van der Waals surface area contributed by atoms with Crippen molar-refractivity contribution < 1.29 is 4.79 Å². The summed E-state index contributed by atoms with van der Waals surface area (Å²) in [6.45, 7) is 3.57. The Morgan fingerprint density at radius 2 is 1.91 bits per heavy atom. The maximum atomic E-state index is 13.1. The van der Waals surface area contributed by atoms with E-state index < -0.39 is 6.04 Å². The maximum absolute atomic E-state index is 13.1. The number of anilines is 2. The van der Waals surface area contributed by atoms with Crippen molar-refractivity contribution in [1.82, 2.24) is 9.36 Å². The predicted molar refractivity (Wildman–Crippen MR) is 128 cm³/mol. The third-order valence-corrected chi connectivity index (χ3v) is 7.29. The number of aryl methyl sites for hydroxylation is 1. The van der Waals surface area contributed by atoms with Gasteiger partial charge in [0.2, 0.25) is 5.91 Å². The van der Waals surface area contributed by atoms with E-state index in [1.54, 1.807) is 16.3 Å². The van der Waals surface area contributed by atoms with Crippen molar-refractivity contribution in [3.63, 3.8) is 0 Å². The van der Waals surface area contributed by atoms with Crippen LogP contribution in [0, 0.1) is 18.3 Å². The van der Waals surface area contributed by atoms with Gasteiger partial charge < -0.3 is 10.6 Å². The SMILES string of the molecule is Cc1c(NC(C)C(=O)Nc2sc3c(c2C#N)CCCCC3)c(=O)n(-c2ccccc2)n1C. The zero-order valence-electron chi connectivity index (χ0n) is 18.6. The number of nitrogens with zero attached hydrogens (tertiary/aromatic N) is 3. The Kier molecular flexibility index (Phi) is 6.19. The van der Waals surface area contributed by atoms with E-state index in [-0.39, 0.29) is 11.5 Å². The van der Waals surface area contributed by atoms with Crippen LogP contribution in [0.3, 0.4) is 0 Å². The fourth-order valence-electron chi connectivity index (χ4n) is 4.19. The number of hydrogen-bond acceptors (Lipinski definition) is 5. The molecule has 2 aromatic heterocycles. The summed E-state index contributed by atoms with van der Waals surface area (Å²) in [5.74, 6) is -0.271. The Bertz CT molecular complexity index is 1250. The van der Waals surface area contributed by atoms with Crippen LogP contribution < -0.4 is 16.2 Å². The number of carbonyl (C=O) groups is 1. The number of rotatable bonds is 5. The van der Waals surface area contributed by atoms with Crippen LogP contribution in [0.5, 0.6) is 0 Å². The minimum absolute atomic E-state index is 0.212. The van der Waals surface area contributed by atoms with Crippen molar-refractivity contribution >= 4 is 27.9 Å². The minimum atomic E-state index is -0.651. The molecule has 32 heavy (non-hydrogen) atoms. The molecule has 2 N–H and O–H groups in total. The lowest BCUT2D eigenvalue weighted by atomic mass is 10.1. The number of para-hydroxylation sites is 1. The van der Waals surface area contributed by atoms with Gasteiger partial charge in [0.25, 0.3) is 5.56 Å². The van der Waals surface area contributed by atoms with Crippen molar-refractivity contribution in [2.75, 3.05) is 10.6 Å². The molecule has 1 aliphatic carbocycles. The molecule has 3 aromatic rings. The number of hydrogen-bond donors (Lipinski definition) is 2. The summed E-state index contributed by atoms with van der Waals surface area (Å²) < 4.78 is 3.35. The average Bonchev–Trinajstić information content (AvgIpc) is 3.09. The zero-order valence-corrected chi connectivity index (χ0v) is 19.4. The molecule has 0 saturated heterocycles. The summed E-state index contributed by atoms with van der Waals surface area (Å²) >= 11 is 1.51. The number of nitrogens with one attached hydrogen (secondary N) is 2. The molecule has 7 nitrogen and oxygen atoms in total. The minimum Gasteiger partial charge on any atom is -0.368 e. The topological polar surface area (TPSA) is 91.9 Å². The first-order valence-corrected chi connectivity index (χ1v) is 11.7. The Balaban J connectivity index is 1.56. The van der Waals surface area contributed by atoms with Crippen molar-refractivity contribution in [1.29, 1.82) is 5.26 Å². The Morgan fingerprint density at radius 1 is 1.19 bits per heavy atom. The molecule has 0 bridgehead atoms. The van der Waals surface area contributed by atoms with E-state index >= 15 is 0 Å². The van der Waals surface area contributed by atoms with Crippen LogP contribution in [0.2, 0.25) is 0 Å². The van der Waals surface area contributed by atoms with E-state index in [2.05, 4.69) is 16.7 Å². The molecule has 2 heterocycles. The molecule has 1 amide bonds. The predicted octanol–water partition coefficient (Wildman–Crippen LogP) is 4.13. The lowest BCUT2D eigenvalue weighted by molar-refractivity contribution is -0.116. The molecule has 1 aromatic carbocycles. The second kappa shape index (κ2) is 9.05. The lowest BCUT2D eigenvalue weighted by Gasteiger charge is -2.14. The fraction of sp³-hybridized carbons (Fsp3) is 0.375. The zero-order chi connectivity index (χ0) is 22.8. The van der Waals surface area contributed by atoms with Gasteiger partial charge in [-0.25, -0.2) is 4.68 Å². The summed E-state index contributed by atoms with van der Waals surface area (Å²) in [4.78, 5) is 27.3. The standard InChI is InChI=1S/C24H27N5O2S/c1-15(22(30)27-23-19(14-25)18-12-8-5-9-13-20(18)32-23)26-21-16(2)28(3)29(24(21)31)17-10-6-4-7-11-17/h4,6-7,10-11,15,26H,5,8-9,12-13H2,1-3H3,(H,27,30). The molecule has 1 aliphatic rings. The third kappa shape index (κ3) is 3.96. The van der Waals surface area contributed by atoms with E-state index in [9.17, 15) is 14.9 Å². The summed E-state index contributed by atoms with van der Waals surface area (Å²) in [5, 5.41) is 16.3. The monoisotopic (exact) mass is 449 g/mol. The van der Waals surface area contributed by atoms with Crippen LogP contribution in [0.25, 0.3) is 5.69 Å². The van der Waals surface area contributed by atoms with Crippen LogP contribution in [0.1, 0.15) is 47.9 Å². The molecule has 0 saturated carbocycles. The maximum Gasteiger partial charge on any atom is 0.295 e. The molecule has 0 spiro atoms. The molecule has 166 valence electrons. The molecule has 8 heteroatoms.